The SMILES string of the molecule is CC1(O)CCCN(C(=O)C(C)(C)C#N)C1. The standard InChI is InChI=1S/C11H18N2O2/c1-10(2,7-12)9(14)13-6-4-5-11(3,15)8-13/h15H,4-6,8H2,1-3H3. The Hall–Kier alpha value is -1.08. The average molecular weight is 210 g/mol. The van der Waals surface area contributed by atoms with Crippen LogP contribution in [0, 0.1) is 16.7 Å². The van der Waals surface area contributed by atoms with Crippen LogP contribution < -0.4 is 0 Å². The van der Waals surface area contributed by atoms with Gasteiger partial charge in [0.25, 0.3) is 0 Å². The molecule has 4 nitrogen and oxygen atoms in total. The van der Waals surface area contributed by atoms with Crippen molar-refractivity contribution in [3.05, 3.63) is 0 Å². The van der Waals surface area contributed by atoms with E-state index in [4.69, 9.17) is 5.26 Å². The molecule has 0 aromatic heterocycles. The summed E-state index contributed by atoms with van der Waals surface area (Å²) in [4.78, 5) is 13.5. The minimum atomic E-state index is -0.993. The number of likely N-dealkylation sites (tertiary alicyclic amines) is 1. The fourth-order valence-corrected chi connectivity index (χ4v) is 1.84. The first-order chi connectivity index (χ1) is 6.78. The summed E-state index contributed by atoms with van der Waals surface area (Å²) in [6, 6.07) is 1.99. The maximum Gasteiger partial charge on any atom is 0.242 e. The van der Waals surface area contributed by atoms with Crippen LogP contribution in [-0.2, 0) is 4.79 Å². The lowest BCUT2D eigenvalue weighted by molar-refractivity contribution is -0.143. The fraction of sp³-hybridized carbons (Fsp3) is 0.818. The maximum atomic E-state index is 11.9. The van der Waals surface area contributed by atoms with Crippen LogP contribution in [-0.4, -0.2) is 34.6 Å². The molecule has 4 heteroatoms. The molecule has 1 atom stereocenters. The van der Waals surface area contributed by atoms with Crippen LogP contribution in [0.5, 0.6) is 0 Å². The smallest absolute Gasteiger partial charge is 0.242 e. The predicted octanol–water partition coefficient (Wildman–Crippen LogP) is 0.910. The van der Waals surface area contributed by atoms with Gasteiger partial charge in [0.2, 0.25) is 5.91 Å². The Labute approximate surface area is 90.5 Å². The van der Waals surface area contributed by atoms with Crippen LogP contribution in [0.15, 0.2) is 0 Å². The van der Waals surface area contributed by atoms with E-state index in [-0.39, 0.29) is 5.91 Å². The van der Waals surface area contributed by atoms with E-state index < -0.39 is 11.0 Å². The van der Waals surface area contributed by atoms with Crippen molar-refractivity contribution in [2.24, 2.45) is 5.41 Å². The molecule has 0 aromatic rings. The van der Waals surface area contributed by atoms with Crippen molar-refractivity contribution in [3.63, 3.8) is 0 Å². The highest BCUT2D eigenvalue weighted by Crippen LogP contribution is 2.25. The molecule has 1 amide bonds. The summed E-state index contributed by atoms with van der Waals surface area (Å²) in [5.41, 5.74) is -1.80. The largest absolute Gasteiger partial charge is 0.388 e. The number of nitrogens with zero attached hydrogens (tertiary/aromatic N) is 2. The van der Waals surface area contributed by atoms with Crippen molar-refractivity contribution in [2.45, 2.75) is 39.2 Å². The van der Waals surface area contributed by atoms with Crippen LogP contribution in [0.25, 0.3) is 0 Å². The van der Waals surface area contributed by atoms with Crippen LogP contribution >= 0.6 is 0 Å². The number of hydrogen-bond donors (Lipinski definition) is 1. The quantitative estimate of drug-likeness (QED) is 0.699. The van der Waals surface area contributed by atoms with E-state index in [1.165, 1.54) is 0 Å². The lowest BCUT2D eigenvalue weighted by Gasteiger charge is -2.38. The third-order valence-electron chi connectivity index (χ3n) is 2.78. The first-order valence-electron chi connectivity index (χ1n) is 5.21. The second-order valence-corrected chi connectivity index (χ2v) is 5.06. The van der Waals surface area contributed by atoms with Gasteiger partial charge >= 0.3 is 0 Å². The number of nitriles is 1. The Kier molecular flexibility index (Phi) is 3.05. The molecular formula is C11H18N2O2. The van der Waals surface area contributed by atoms with Gasteiger partial charge in [-0.3, -0.25) is 4.79 Å². The van der Waals surface area contributed by atoms with E-state index >= 15 is 0 Å². The van der Waals surface area contributed by atoms with Crippen LogP contribution in [0.3, 0.4) is 0 Å². The van der Waals surface area contributed by atoms with Crippen molar-refractivity contribution in [3.8, 4) is 6.07 Å². The molecule has 0 saturated carbocycles. The molecule has 15 heavy (non-hydrogen) atoms. The summed E-state index contributed by atoms with van der Waals surface area (Å²) in [6.45, 7) is 5.92. The zero-order valence-electron chi connectivity index (χ0n) is 9.58. The van der Waals surface area contributed by atoms with Crippen molar-refractivity contribution in [2.75, 3.05) is 13.1 Å². The van der Waals surface area contributed by atoms with Crippen molar-refractivity contribution >= 4 is 5.91 Å². The molecule has 84 valence electrons. The van der Waals surface area contributed by atoms with Gasteiger partial charge in [0.15, 0.2) is 0 Å². The molecule has 0 aromatic carbocycles. The zero-order valence-corrected chi connectivity index (χ0v) is 9.58. The molecule has 0 bridgehead atoms. The Balaban J connectivity index is 2.74. The molecule has 1 saturated heterocycles. The first kappa shape index (κ1) is 12.0. The third kappa shape index (κ3) is 2.69. The molecule has 0 spiro atoms. The van der Waals surface area contributed by atoms with Crippen LogP contribution in [0.2, 0.25) is 0 Å². The van der Waals surface area contributed by atoms with Gasteiger partial charge in [-0.15, -0.1) is 0 Å². The third-order valence-corrected chi connectivity index (χ3v) is 2.78. The van der Waals surface area contributed by atoms with Crippen molar-refractivity contribution in [1.29, 1.82) is 5.26 Å². The number of hydrogen-bond acceptors (Lipinski definition) is 3. The van der Waals surface area contributed by atoms with E-state index in [0.717, 1.165) is 6.42 Å². The number of β-amino-alcohol motifs (C(OH)–C–C–N with tert-alkyl or cyclic N) is 1. The van der Waals surface area contributed by atoms with Gasteiger partial charge < -0.3 is 10.0 Å². The lowest BCUT2D eigenvalue weighted by Crippen LogP contribution is -2.51. The Bertz CT molecular complexity index is 302. The number of rotatable bonds is 1. The number of amides is 1. The Morgan fingerprint density at radius 3 is 2.67 bits per heavy atom. The maximum absolute atomic E-state index is 11.9. The first-order valence-corrected chi connectivity index (χ1v) is 5.21. The number of carbonyl (C=O) groups excluding carboxylic acids is 1. The molecule has 0 radical (unpaired) electrons. The highest BCUT2D eigenvalue weighted by molar-refractivity contribution is 5.84. The summed E-state index contributed by atoms with van der Waals surface area (Å²) in [5.74, 6) is -0.190. The fourth-order valence-electron chi connectivity index (χ4n) is 1.84. The summed E-state index contributed by atoms with van der Waals surface area (Å²) in [7, 11) is 0. The van der Waals surface area contributed by atoms with E-state index in [2.05, 4.69) is 0 Å². The summed E-state index contributed by atoms with van der Waals surface area (Å²) < 4.78 is 0. The molecule has 1 aliphatic heterocycles. The molecule has 1 aliphatic rings. The molecule has 1 fully saturated rings. The minimum Gasteiger partial charge on any atom is -0.388 e. The molecule has 0 aliphatic carbocycles. The van der Waals surface area contributed by atoms with Gasteiger partial charge in [-0.25, -0.2) is 0 Å². The molecule has 1 heterocycles. The highest BCUT2D eigenvalue weighted by Gasteiger charge is 2.37. The van der Waals surface area contributed by atoms with Gasteiger partial charge in [-0.1, -0.05) is 0 Å². The summed E-state index contributed by atoms with van der Waals surface area (Å²) in [5, 5.41) is 18.7. The second-order valence-electron chi connectivity index (χ2n) is 5.06. The van der Waals surface area contributed by atoms with Crippen LogP contribution in [0.4, 0.5) is 0 Å². The normalized spacial score (nSPS) is 27.3. The summed E-state index contributed by atoms with van der Waals surface area (Å²) >= 11 is 0. The number of piperidine rings is 1. The van der Waals surface area contributed by atoms with E-state index in [1.54, 1.807) is 25.7 Å². The van der Waals surface area contributed by atoms with Gasteiger partial charge in [0.1, 0.15) is 5.41 Å². The second kappa shape index (κ2) is 3.82. The monoisotopic (exact) mass is 210 g/mol. The van der Waals surface area contributed by atoms with E-state index in [1.807, 2.05) is 6.07 Å². The number of aliphatic hydroxyl groups is 1. The molecule has 1 unspecified atom stereocenters. The van der Waals surface area contributed by atoms with Gasteiger partial charge in [-0.05, 0) is 33.6 Å². The number of carbonyl (C=O) groups is 1. The molecule has 1 rings (SSSR count). The van der Waals surface area contributed by atoms with Gasteiger partial charge in [-0.2, -0.15) is 5.26 Å². The summed E-state index contributed by atoms with van der Waals surface area (Å²) in [6.07, 6.45) is 1.50. The Morgan fingerprint density at radius 2 is 2.20 bits per heavy atom. The zero-order chi connectivity index (χ0) is 11.7. The predicted molar refractivity (Wildman–Crippen MR) is 55.8 cm³/mol. The van der Waals surface area contributed by atoms with E-state index in [0.29, 0.717) is 19.5 Å². The van der Waals surface area contributed by atoms with Crippen LogP contribution in [0.1, 0.15) is 33.6 Å². The molecular weight excluding hydrogens is 192 g/mol. The van der Waals surface area contributed by atoms with E-state index in [9.17, 15) is 9.90 Å². The Morgan fingerprint density at radius 1 is 1.60 bits per heavy atom. The lowest BCUT2D eigenvalue weighted by atomic mass is 9.89. The van der Waals surface area contributed by atoms with Crippen molar-refractivity contribution in [1.82, 2.24) is 4.90 Å². The minimum absolute atomic E-state index is 0.190. The topological polar surface area (TPSA) is 64.3 Å². The van der Waals surface area contributed by atoms with Crippen molar-refractivity contribution < 1.29 is 9.90 Å². The molecule has 1 N–H and O–H groups in total. The highest BCUT2D eigenvalue weighted by atomic mass is 16.3. The average Bonchev–Trinajstić information content (AvgIpc) is 2.15. The van der Waals surface area contributed by atoms with Gasteiger partial charge in [0.05, 0.1) is 11.7 Å². The van der Waals surface area contributed by atoms with Gasteiger partial charge in [0, 0.05) is 13.1 Å².